The molecule has 9 heteroatoms. The van der Waals surface area contributed by atoms with Crippen molar-refractivity contribution in [3.8, 4) is 0 Å². The molecular formula is C19H18ClN3O4S. The van der Waals surface area contributed by atoms with Crippen molar-refractivity contribution in [1.29, 1.82) is 0 Å². The Morgan fingerprint density at radius 3 is 2.14 bits per heavy atom. The lowest BCUT2D eigenvalue weighted by molar-refractivity contribution is 0.102. The zero-order chi connectivity index (χ0) is 19.4. The molecule has 146 valence electrons. The Morgan fingerprint density at radius 1 is 0.893 bits per heavy atom. The fourth-order valence-electron chi connectivity index (χ4n) is 2.43. The van der Waals surface area contributed by atoms with Gasteiger partial charge in [-0.15, -0.1) is 12.4 Å². The number of rotatable bonds is 5. The van der Waals surface area contributed by atoms with Crippen LogP contribution in [-0.2, 0) is 10.1 Å². The molecule has 5 N–H and O–H groups in total. The number of nitrogens with one attached hydrogen (secondary N) is 2. The number of carbonyl (C=O) groups excluding carboxylic acids is 1. The van der Waals surface area contributed by atoms with E-state index < -0.39 is 16.0 Å². The minimum absolute atomic E-state index is 0. The van der Waals surface area contributed by atoms with Crippen LogP contribution in [0.4, 0.5) is 22.7 Å². The van der Waals surface area contributed by atoms with Gasteiger partial charge in [-0.2, -0.15) is 8.42 Å². The number of para-hydroxylation sites is 1. The third-order valence-corrected chi connectivity index (χ3v) is 4.64. The summed E-state index contributed by atoms with van der Waals surface area (Å²) in [5.41, 5.74) is 7.55. The van der Waals surface area contributed by atoms with Crippen LogP contribution < -0.4 is 16.4 Å². The largest absolute Gasteiger partial charge is 0.399 e. The van der Waals surface area contributed by atoms with Crippen LogP contribution in [0.5, 0.6) is 0 Å². The van der Waals surface area contributed by atoms with Gasteiger partial charge in [0.15, 0.2) is 0 Å². The number of anilines is 4. The molecule has 0 aliphatic carbocycles. The molecule has 0 aliphatic rings. The van der Waals surface area contributed by atoms with E-state index in [1.54, 1.807) is 48.5 Å². The molecule has 28 heavy (non-hydrogen) atoms. The normalized spacial score (nSPS) is 10.6. The van der Waals surface area contributed by atoms with E-state index in [1.165, 1.54) is 18.2 Å². The number of amides is 1. The van der Waals surface area contributed by atoms with E-state index in [0.29, 0.717) is 16.9 Å². The molecule has 0 atom stereocenters. The monoisotopic (exact) mass is 419 g/mol. The number of nitrogen functional groups attached to an aromatic ring is 1. The fourth-order valence-corrected chi connectivity index (χ4v) is 3.10. The third kappa shape index (κ3) is 5.23. The summed E-state index contributed by atoms with van der Waals surface area (Å²) in [7, 11) is -4.51. The molecule has 0 aliphatic heterocycles. The van der Waals surface area contributed by atoms with E-state index in [1.807, 2.05) is 6.07 Å². The van der Waals surface area contributed by atoms with Gasteiger partial charge in [0.05, 0.1) is 5.69 Å². The smallest absolute Gasteiger partial charge is 0.296 e. The summed E-state index contributed by atoms with van der Waals surface area (Å²) in [5.74, 6) is -0.431. The first-order valence-electron chi connectivity index (χ1n) is 7.93. The van der Waals surface area contributed by atoms with Gasteiger partial charge in [0.1, 0.15) is 4.90 Å². The van der Waals surface area contributed by atoms with Crippen molar-refractivity contribution in [2.24, 2.45) is 0 Å². The Balaban J connectivity index is 0.00000280. The first-order valence-corrected chi connectivity index (χ1v) is 9.37. The van der Waals surface area contributed by atoms with E-state index >= 15 is 0 Å². The molecule has 0 aromatic heterocycles. The van der Waals surface area contributed by atoms with Gasteiger partial charge in [-0.3, -0.25) is 9.35 Å². The highest BCUT2D eigenvalue weighted by molar-refractivity contribution is 7.86. The predicted molar refractivity (Wildman–Crippen MR) is 112 cm³/mol. The van der Waals surface area contributed by atoms with Crippen molar-refractivity contribution < 1.29 is 17.8 Å². The molecule has 0 spiro atoms. The van der Waals surface area contributed by atoms with E-state index in [0.717, 1.165) is 0 Å². The summed E-state index contributed by atoms with van der Waals surface area (Å²) in [4.78, 5) is 11.9. The van der Waals surface area contributed by atoms with Gasteiger partial charge >= 0.3 is 0 Å². The van der Waals surface area contributed by atoms with Gasteiger partial charge < -0.3 is 16.4 Å². The highest BCUT2D eigenvalue weighted by atomic mass is 35.5. The first-order chi connectivity index (χ1) is 12.8. The second kappa shape index (κ2) is 8.75. The number of hydrogen-bond acceptors (Lipinski definition) is 5. The van der Waals surface area contributed by atoms with Crippen LogP contribution in [0.1, 0.15) is 10.4 Å². The Bertz CT molecular complexity index is 1070. The van der Waals surface area contributed by atoms with Crippen LogP contribution in [0.15, 0.2) is 77.7 Å². The average Bonchev–Trinajstić information content (AvgIpc) is 2.63. The van der Waals surface area contributed by atoms with Crippen LogP contribution in [0.2, 0.25) is 0 Å². The molecule has 0 saturated heterocycles. The van der Waals surface area contributed by atoms with Crippen molar-refractivity contribution in [1.82, 2.24) is 0 Å². The zero-order valence-electron chi connectivity index (χ0n) is 14.5. The van der Waals surface area contributed by atoms with E-state index in [-0.39, 0.29) is 28.7 Å². The predicted octanol–water partition coefficient (Wildman–Crippen LogP) is 3.93. The summed E-state index contributed by atoms with van der Waals surface area (Å²) in [6.07, 6.45) is 0. The van der Waals surface area contributed by atoms with Crippen molar-refractivity contribution in [2.75, 3.05) is 16.4 Å². The number of hydrogen-bond donors (Lipinski definition) is 4. The van der Waals surface area contributed by atoms with E-state index in [2.05, 4.69) is 10.6 Å². The van der Waals surface area contributed by atoms with Gasteiger partial charge in [-0.1, -0.05) is 18.2 Å². The van der Waals surface area contributed by atoms with Crippen LogP contribution >= 0.6 is 12.4 Å². The summed E-state index contributed by atoms with van der Waals surface area (Å²) in [6, 6.07) is 19.4. The molecule has 0 radical (unpaired) electrons. The van der Waals surface area contributed by atoms with Crippen molar-refractivity contribution in [3.05, 3.63) is 78.4 Å². The van der Waals surface area contributed by atoms with Crippen molar-refractivity contribution >= 4 is 51.2 Å². The molecule has 0 fully saturated rings. The van der Waals surface area contributed by atoms with Crippen LogP contribution in [0.3, 0.4) is 0 Å². The number of benzene rings is 3. The molecule has 3 aromatic carbocycles. The Hall–Kier alpha value is -3.07. The Morgan fingerprint density at radius 2 is 1.54 bits per heavy atom. The average molecular weight is 420 g/mol. The fraction of sp³-hybridized carbons (Fsp3) is 0. The Kier molecular flexibility index (Phi) is 6.63. The number of nitrogens with two attached hydrogens (primary N) is 1. The van der Waals surface area contributed by atoms with Gasteiger partial charge in [0.25, 0.3) is 16.0 Å². The molecule has 3 aromatic rings. The molecule has 3 rings (SSSR count). The SMILES string of the molecule is Cl.Nc1ccc(C(=O)Nc2ccc(Nc3ccccc3)c(S(=O)(=O)O)c2)cc1. The van der Waals surface area contributed by atoms with Crippen molar-refractivity contribution in [3.63, 3.8) is 0 Å². The quantitative estimate of drug-likeness (QED) is 0.367. The summed E-state index contributed by atoms with van der Waals surface area (Å²) < 4.78 is 33.1. The molecule has 7 nitrogen and oxygen atoms in total. The van der Waals surface area contributed by atoms with E-state index in [4.69, 9.17) is 5.73 Å². The molecule has 0 heterocycles. The molecule has 0 bridgehead atoms. The summed E-state index contributed by atoms with van der Waals surface area (Å²) in [6.45, 7) is 0. The van der Waals surface area contributed by atoms with Gasteiger partial charge in [-0.25, -0.2) is 0 Å². The lowest BCUT2D eigenvalue weighted by Gasteiger charge is -2.13. The van der Waals surface area contributed by atoms with Gasteiger partial charge in [-0.05, 0) is 54.6 Å². The van der Waals surface area contributed by atoms with Gasteiger partial charge in [0.2, 0.25) is 0 Å². The number of halogens is 1. The lowest BCUT2D eigenvalue weighted by Crippen LogP contribution is -2.13. The maximum absolute atomic E-state index is 12.3. The summed E-state index contributed by atoms with van der Waals surface area (Å²) in [5, 5.41) is 5.53. The van der Waals surface area contributed by atoms with Crippen LogP contribution in [-0.4, -0.2) is 18.9 Å². The molecule has 0 unspecified atom stereocenters. The minimum Gasteiger partial charge on any atom is -0.399 e. The Labute approximate surface area is 168 Å². The second-order valence-corrected chi connectivity index (χ2v) is 7.14. The van der Waals surface area contributed by atoms with Crippen molar-refractivity contribution in [2.45, 2.75) is 4.90 Å². The lowest BCUT2D eigenvalue weighted by atomic mass is 10.2. The minimum atomic E-state index is -4.51. The maximum Gasteiger partial charge on any atom is 0.296 e. The highest BCUT2D eigenvalue weighted by Crippen LogP contribution is 2.28. The molecule has 1 amide bonds. The standard InChI is InChI=1S/C19H17N3O4S.ClH/c20-14-8-6-13(7-9-14)19(23)22-16-10-11-17(18(12-16)27(24,25)26)21-15-4-2-1-3-5-15;/h1-12,21H,20H2,(H,22,23)(H,24,25,26);1H. The first kappa shape index (κ1) is 21.2. The molecular weight excluding hydrogens is 402 g/mol. The highest BCUT2D eigenvalue weighted by Gasteiger charge is 2.17. The topological polar surface area (TPSA) is 122 Å². The van der Waals surface area contributed by atoms with Crippen LogP contribution in [0.25, 0.3) is 0 Å². The van der Waals surface area contributed by atoms with E-state index in [9.17, 15) is 17.8 Å². The second-order valence-electron chi connectivity index (χ2n) is 5.75. The molecule has 0 saturated carbocycles. The van der Waals surface area contributed by atoms with Gasteiger partial charge in [0, 0.05) is 22.6 Å². The van der Waals surface area contributed by atoms with Crippen LogP contribution in [0, 0.1) is 0 Å². The maximum atomic E-state index is 12.3. The number of carbonyl (C=O) groups is 1. The third-order valence-electron chi connectivity index (χ3n) is 3.74. The zero-order valence-corrected chi connectivity index (χ0v) is 16.1. The summed E-state index contributed by atoms with van der Waals surface area (Å²) >= 11 is 0.